The first kappa shape index (κ1) is 15.8. The van der Waals surface area contributed by atoms with Crippen LogP contribution in [-0.4, -0.2) is 20.6 Å². The topological polar surface area (TPSA) is 72.2 Å². The number of benzene rings is 1. The Labute approximate surface area is 109 Å². The van der Waals surface area contributed by atoms with Crippen molar-refractivity contribution < 1.29 is 21.6 Å². The third-order valence-corrected chi connectivity index (χ3v) is 4.21. The van der Waals surface area contributed by atoms with Gasteiger partial charge >= 0.3 is 6.18 Å². The summed E-state index contributed by atoms with van der Waals surface area (Å²) in [5, 5.41) is 0. The van der Waals surface area contributed by atoms with Crippen LogP contribution in [0.4, 0.5) is 18.9 Å². The number of alkyl halides is 3. The van der Waals surface area contributed by atoms with Crippen LogP contribution < -0.4 is 10.5 Å². The Morgan fingerprint density at radius 3 is 2.42 bits per heavy atom. The average molecular weight is 296 g/mol. The van der Waals surface area contributed by atoms with Gasteiger partial charge < -0.3 is 5.73 Å². The van der Waals surface area contributed by atoms with E-state index in [-0.39, 0.29) is 10.6 Å². The highest BCUT2D eigenvalue weighted by atomic mass is 32.2. The van der Waals surface area contributed by atoms with Crippen LogP contribution in [0, 0.1) is 6.92 Å². The Morgan fingerprint density at radius 2 is 1.95 bits per heavy atom. The van der Waals surface area contributed by atoms with E-state index in [4.69, 9.17) is 5.73 Å². The lowest BCUT2D eigenvalue weighted by molar-refractivity contribution is -0.137. The molecule has 1 unspecified atom stereocenters. The molecule has 1 atom stereocenters. The van der Waals surface area contributed by atoms with Gasteiger partial charge in [0.2, 0.25) is 10.0 Å². The van der Waals surface area contributed by atoms with E-state index in [1.807, 2.05) is 4.72 Å². The molecule has 19 heavy (non-hydrogen) atoms. The summed E-state index contributed by atoms with van der Waals surface area (Å²) in [6.45, 7) is 2.68. The summed E-state index contributed by atoms with van der Waals surface area (Å²) in [7, 11) is -4.07. The third kappa shape index (κ3) is 4.39. The molecule has 0 aliphatic rings. The molecule has 0 radical (unpaired) electrons. The lowest BCUT2D eigenvalue weighted by Crippen LogP contribution is -2.36. The fourth-order valence-electron chi connectivity index (χ4n) is 1.75. The molecule has 0 aliphatic carbocycles. The number of sulfonamides is 1. The van der Waals surface area contributed by atoms with E-state index in [2.05, 4.69) is 0 Å². The number of hydrogen-bond acceptors (Lipinski definition) is 3. The molecule has 0 aromatic heterocycles. The molecule has 1 rings (SSSR count). The van der Waals surface area contributed by atoms with E-state index in [0.717, 1.165) is 6.92 Å². The zero-order valence-electron chi connectivity index (χ0n) is 10.5. The van der Waals surface area contributed by atoms with Crippen LogP contribution in [0.2, 0.25) is 0 Å². The van der Waals surface area contributed by atoms with Gasteiger partial charge in [-0.3, -0.25) is 0 Å². The van der Waals surface area contributed by atoms with E-state index < -0.39 is 28.7 Å². The van der Waals surface area contributed by atoms with Crippen LogP contribution in [0.5, 0.6) is 0 Å². The Bertz CT molecular complexity index is 535. The molecule has 1 aromatic rings. The molecular weight excluding hydrogens is 281 g/mol. The number of halogens is 3. The summed E-state index contributed by atoms with van der Waals surface area (Å²) in [4.78, 5) is -0.177. The highest BCUT2D eigenvalue weighted by Crippen LogP contribution is 2.25. The molecule has 0 bridgehead atoms. The first-order valence-electron chi connectivity index (χ1n) is 5.47. The van der Waals surface area contributed by atoms with E-state index in [1.54, 1.807) is 6.07 Å². The van der Waals surface area contributed by atoms with Crippen molar-refractivity contribution in [3.05, 3.63) is 23.8 Å². The summed E-state index contributed by atoms with van der Waals surface area (Å²) in [5.41, 5.74) is 5.96. The fourth-order valence-corrected chi connectivity index (χ4v) is 3.36. The van der Waals surface area contributed by atoms with Gasteiger partial charge in [0.05, 0.1) is 12.1 Å². The zero-order valence-corrected chi connectivity index (χ0v) is 11.3. The van der Waals surface area contributed by atoms with Crippen molar-refractivity contribution >= 4 is 15.7 Å². The van der Waals surface area contributed by atoms with Crippen molar-refractivity contribution in [1.82, 2.24) is 4.72 Å². The third-order valence-electron chi connectivity index (χ3n) is 2.41. The van der Waals surface area contributed by atoms with Crippen molar-refractivity contribution in [2.24, 2.45) is 0 Å². The molecule has 0 fully saturated rings. The van der Waals surface area contributed by atoms with Crippen LogP contribution in [0.15, 0.2) is 23.1 Å². The number of nitrogens with two attached hydrogens (primary N) is 1. The second kappa shape index (κ2) is 5.38. The van der Waals surface area contributed by atoms with Gasteiger partial charge in [-0.05, 0) is 25.5 Å². The Kier molecular flexibility index (Phi) is 4.46. The van der Waals surface area contributed by atoms with Crippen LogP contribution in [0.1, 0.15) is 18.9 Å². The molecule has 3 N–H and O–H groups in total. The van der Waals surface area contributed by atoms with Crippen LogP contribution in [-0.2, 0) is 10.0 Å². The van der Waals surface area contributed by atoms with Gasteiger partial charge in [-0.15, -0.1) is 0 Å². The number of hydrogen-bond donors (Lipinski definition) is 2. The summed E-state index contributed by atoms with van der Waals surface area (Å²) < 4.78 is 62.6. The predicted octanol–water partition coefficient (Wildman–Crippen LogP) is 2.20. The van der Waals surface area contributed by atoms with Crippen molar-refractivity contribution in [1.29, 1.82) is 0 Å². The predicted molar refractivity (Wildman–Crippen MR) is 66.0 cm³/mol. The molecule has 108 valence electrons. The standard InChI is InChI=1S/C11H15F3N2O2S/c1-7-4-3-5-9(15)10(7)19(17,18)16-8(2)6-11(12,13)14/h3-5,8,16H,6,15H2,1-2H3. The normalized spacial score (nSPS) is 14.4. The smallest absolute Gasteiger partial charge is 0.390 e. The SMILES string of the molecule is Cc1cccc(N)c1S(=O)(=O)NC(C)CC(F)(F)F. The molecule has 8 heteroatoms. The largest absolute Gasteiger partial charge is 0.398 e. The minimum absolute atomic E-state index is 0.00621. The molecule has 4 nitrogen and oxygen atoms in total. The number of anilines is 1. The zero-order chi connectivity index (χ0) is 14.8. The van der Waals surface area contributed by atoms with Crippen LogP contribution >= 0.6 is 0 Å². The maximum Gasteiger partial charge on any atom is 0.390 e. The van der Waals surface area contributed by atoms with Gasteiger partial charge in [-0.1, -0.05) is 12.1 Å². The van der Waals surface area contributed by atoms with E-state index in [0.29, 0.717) is 5.56 Å². The van der Waals surface area contributed by atoms with Gasteiger partial charge in [-0.2, -0.15) is 13.2 Å². The number of nitrogen functional groups attached to an aromatic ring is 1. The maximum atomic E-state index is 12.2. The Hall–Kier alpha value is -1.28. The average Bonchev–Trinajstić information content (AvgIpc) is 2.11. The molecular formula is C11H15F3N2O2S. The van der Waals surface area contributed by atoms with Gasteiger partial charge in [0.25, 0.3) is 0 Å². The fraction of sp³-hybridized carbons (Fsp3) is 0.455. The molecule has 0 spiro atoms. The van der Waals surface area contributed by atoms with Crippen molar-refractivity contribution in [3.8, 4) is 0 Å². The van der Waals surface area contributed by atoms with E-state index >= 15 is 0 Å². The van der Waals surface area contributed by atoms with Crippen molar-refractivity contribution in [2.75, 3.05) is 5.73 Å². The summed E-state index contributed by atoms with van der Waals surface area (Å²) >= 11 is 0. The summed E-state index contributed by atoms with van der Waals surface area (Å²) in [5.74, 6) is 0. The van der Waals surface area contributed by atoms with Crippen LogP contribution in [0.3, 0.4) is 0 Å². The highest BCUT2D eigenvalue weighted by Gasteiger charge is 2.32. The quantitative estimate of drug-likeness (QED) is 0.837. The monoisotopic (exact) mass is 296 g/mol. The second-order valence-corrected chi connectivity index (χ2v) is 5.99. The molecule has 0 saturated heterocycles. The molecule has 1 aromatic carbocycles. The number of rotatable bonds is 4. The first-order chi connectivity index (χ1) is 8.53. The minimum Gasteiger partial charge on any atom is -0.398 e. The molecule has 0 heterocycles. The van der Waals surface area contributed by atoms with Crippen molar-refractivity contribution in [2.45, 2.75) is 37.4 Å². The van der Waals surface area contributed by atoms with Gasteiger partial charge in [-0.25, -0.2) is 13.1 Å². The van der Waals surface area contributed by atoms with Gasteiger partial charge in [0.15, 0.2) is 0 Å². The number of nitrogens with one attached hydrogen (secondary N) is 1. The summed E-state index contributed by atoms with van der Waals surface area (Å²) in [6, 6.07) is 3.22. The Morgan fingerprint density at radius 1 is 1.37 bits per heavy atom. The second-order valence-electron chi connectivity index (χ2n) is 4.33. The van der Waals surface area contributed by atoms with Crippen molar-refractivity contribution in [3.63, 3.8) is 0 Å². The van der Waals surface area contributed by atoms with Gasteiger partial charge in [0, 0.05) is 6.04 Å². The number of aryl methyl sites for hydroxylation is 1. The lowest BCUT2D eigenvalue weighted by Gasteiger charge is -2.17. The minimum atomic E-state index is -4.43. The molecule has 0 saturated carbocycles. The highest BCUT2D eigenvalue weighted by molar-refractivity contribution is 7.89. The van der Waals surface area contributed by atoms with Gasteiger partial charge in [0.1, 0.15) is 4.90 Å². The van der Waals surface area contributed by atoms with E-state index in [1.165, 1.54) is 19.1 Å². The summed E-state index contributed by atoms with van der Waals surface area (Å²) in [6.07, 6.45) is -5.67. The molecule has 0 amide bonds. The maximum absolute atomic E-state index is 12.2. The molecule has 0 aliphatic heterocycles. The lowest BCUT2D eigenvalue weighted by atomic mass is 10.2. The van der Waals surface area contributed by atoms with Crippen LogP contribution in [0.25, 0.3) is 0 Å². The first-order valence-corrected chi connectivity index (χ1v) is 6.95. The Balaban J connectivity index is 3.00. The van der Waals surface area contributed by atoms with E-state index in [9.17, 15) is 21.6 Å².